The largest absolute Gasteiger partial charge is 0.378 e. The molecule has 8 nitrogen and oxygen atoms in total. The highest BCUT2D eigenvalue weighted by Gasteiger charge is 2.34. The molecule has 0 unspecified atom stereocenters. The van der Waals surface area contributed by atoms with Crippen LogP contribution in [0.2, 0.25) is 0 Å². The Balaban J connectivity index is 1.23. The van der Waals surface area contributed by atoms with E-state index in [1.165, 1.54) is 10.5 Å². The van der Waals surface area contributed by atoms with Crippen molar-refractivity contribution >= 4 is 29.5 Å². The van der Waals surface area contributed by atoms with Crippen molar-refractivity contribution in [1.29, 1.82) is 0 Å². The van der Waals surface area contributed by atoms with Gasteiger partial charge in [0.25, 0.3) is 11.8 Å². The van der Waals surface area contributed by atoms with E-state index in [1.54, 1.807) is 36.0 Å². The van der Waals surface area contributed by atoms with E-state index in [4.69, 9.17) is 4.74 Å². The van der Waals surface area contributed by atoms with E-state index in [9.17, 15) is 9.59 Å². The maximum atomic E-state index is 12.5. The second-order valence-corrected chi connectivity index (χ2v) is 9.48. The normalized spacial score (nSPS) is 15.8. The smallest absolute Gasteiger partial charge is 0.261 e. The number of rotatable bonds is 8. The molecule has 34 heavy (non-hydrogen) atoms. The Morgan fingerprint density at radius 2 is 1.68 bits per heavy atom. The Morgan fingerprint density at radius 1 is 0.941 bits per heavy atom. The van der Waals surface area contributed by atoms with E-state index in [2.05, 4.69) is 44.8 Å². The fourth-order valence-electron chi connectivity index (χ4n) is 4.29. The molecule has 176 valence electrons. The van der Waals surface area contributed by atoms with Crippen molar-refractivity contribution in [1.82, 2.24) is 19.7 Å². The number of anilines is 1. The van der Waals surface area contributed by atoms with Gasteiger partial charge in [-0.15, -0.1) is 10.2 Å². The predicted octanol–water partition coefficient (Wildman–Crippen LogP) is 3.58. The van der Waals surface area contributed by atoms with Crippen LogP contribution in [0.4, 0.5) is 5.95 Å². The fourth-order valence-corrected chi connectivity index (χ4v) is 5.24. The highest BCUT2D eigenvalue weighted by atomic mass is 32.2. The third-order valence-electron chi connectivity index (χ3n) is 6.06. The van der Waals surface area contributed by atoms with Gasteiger partial charge >= 0.3 is 0 Å². The predicted molar refractivity (Wildman–Crippen MR) is 131 cm³/mol. The average Bonchev–Trinajstić information content (AvgIpc) is 3.39. The van der Waals surface area contributed by atoms with Crippen LogP contribution in [-0.2, 0) is 4.74 Å². The number of imide groups is 1. The van der Waals surface area contributed by atoms with E-state index >= 15 is 0 Å². The van der Waals surface area contributed by atoms with Gasteiger partial charge < -0.3 is 9.64 Å². The molecule has 0 N–H and O–H groups in total. The first-order valence-electron chi connectivity index (χ1n) is 11.6. The molecule has 3 heterocycles. The number of carbonyl (C=O) groups excluding carboxylic acids is 2. The second-order valence-electron chi connectivity index (χ2n) is 8.42. The van der Waals surface area contributed by atoms with Crippen LogP contribution in [0.3, 0.4) is 0 Å². The van der Waals surface area contributed by atoms with Crippen molar-refractivity contribution in [2.75, 3.05) is 43.5 Å². The van der Waals surface area contributed by atoms with Crippen LogP contribution in [0.5, 0.6) is 0 Å². The summed E-state index contributed by atoms with van der Waals surface area (Å²) in [5.74, 6) is 1.27. The van der Waals surface area contributed by atoms with Gasteiger partial charge in [-0.3, -0.25) is 19.1 Å². The lowest BCUT2D eigenvalue weighted by molar-refractivity contribution is 0.0652. The molecule has 1 fully saturated rings. The lowest BCUT2D eigenvalue weighted by atomic mass is 10.1. The Kier molecular flexibility index (Phi) is 6.64. The van der Waals surface area contributed by atoms with Crippen molar-refractivity contribution in [2.24, 2.45) is 0 Å². The summed E-state index contributed by atoms with van der Waals surface area (Å²) < 4.78 is 7.62. The van der Waals surface area contributed by atoms with Crippen molar-refractivity contribution in [2.45, 2.75) is 24.9 Å². The van der Waals surface area contributed by atoms with E-state index in [1.807, 2.05) is 6.07 Å². The lowest BCUT2D eigenvalue weighted by Crippen LogP contribution is -2.37. The number of benzene rings is 2. The highest BCUT2D eigenvalue weighted by Crippen LogP contribution is 2.29. The van der Waals surface area contributed by atoms with Gasteiger partial charge in [-0.2, -0.15) is 0 Å². The molecule has 2 amide bonds. The zero-order chi connectivity index (χ0) is 23.5. The van der Waals surface area contributed by atoms with E-state index in [-0.39, 0.29) is 11.8 Å². The molecule has 9 heteroatoms. The number of amides is 2. The molecule has 1 saturated heterocycles. The SMILES string of the molecule is Cc1cccc(-n2c(SCCCCN3C(=O)c4ccccc4C3=O)nnc2N2CCOCC2)c1. The number of morpholine rings is 1. The van der Waals surface area contributed by atoms with Crippen LogP contribution in [0.25, 0.3) is 5.69 Å². The monoisotopic (exact) mass is 477 g/mol. The van der Waals surface area contributed by atoms with Crippen LogP contribution in [0.1, 0.15) is 39.1 Å². The van der Waals surface area contributed by atoms with Gasteiger partial charge in [-0.25, -0.2) is 0 Å². The van der Waals surface area contributed by atoms with E-state index < -0.39 is 0 Å². The number of thioether (sulfide) groups is 1. The minimum atomic E-state index is -0.192. The molecule has 1 aromatic heterocycles. The lowest BCUT2D eigenvalue weighted by Gasteiger charge is -2.28. The summed E-state index contributed by atoms with van der Waals surface area (Å²) in [5.41, 5.74) is 3.23. The molecule has 5 rings (SSSR count). The molecular formula is C25H27N5O3S. The topological polar surface area (TPSA) is 80.6 Å². The summed E-state index contributed by atoms with van der Waals surface area (Å²) in [6.45, 7) is 5.44. The van der Waals surface area contributed by atoms with Gasteiger partial charge in [0.1, 0.15) is 0 Å². The molecule has 0 spiro atoms. The molecule has 2 aliphatic rings. The van der Waals surface area contributed by atoms with Crippen LogP contribution >= 0.6 is 11.8 Å². The molecule has 2 aromatic carbocycles. The summed E-state index contributed by atoms with van der Waals surface area (Å²) in [6, 6.07) is 15.4. The van der Waals surface area contributed by atoms with Gasteiger partial charge in [-0.05, 0) is 49.6 Å². The van der Waals surface area contributed by atoms with Gasteiger partial charge in [0.2, 0.25) is 5.95 Å². The second kappa shape index (κ2) is 9.99. The van der Waals surface area contributed by atoms with Gasteiger partial charge in [0.15, 0.2) is 5.16 Å². The number of hydrogen-bond donors (Lipinski definition) is 0. The van der Waals surface area contributed by atoms with Gasteiger partial charge in [0.05, 0.1) is 30.0 Å². The number of carbonyl (C=O) groups is 2. The van der Waals surface area contributed by atoms with Crippen LogP contribution in [0.15, 0.2) is 53.7 Å². The molecule has 2 aliphatic heterocycles. The average molecular weight is 478 g/mol. The molecule has 0 aliphatic carbocycles. The molecule has 0 saturated carbocycles. The summed E-state index contributed by atoms with van der Waals surface area (Å²) in [5, 5.41) is 9.85. The minimum absolute atomic E-state index is 0.192. The maximum absolute atomic E-state index is 12.5. The summed E-state index contributed by atoms with van der Waals surface area (Å²) in [6.07, 6.45) is 1.60. The first-order chi connectivity index (χ1) is 16.6. The number of aromatic nitrogens is 3. The number of fused-ring (bicyclic) bond motifs is 1. The summed E-state index contributed by atoms with van der Waals surface area (Å²) in [4.78, 5) is 28.7. The summed E-state index contributed by atoms with van der Waals surface area (Å²) >= 11 is 1.65. The number of nitrogens with zero attached hydrogens (tertiary/aromatic N) is 5. The standard InChI is InChI=1S/C25H27N5O3S/c1-18-7-6-8-19(17-18)30-24(28-12-14-33-15-13-28)26-27-25(30)34-16-5-4-11-29-22(31)20-9-2-3-10-21(20)23(29)32/h2-3,6-10,17H,4-5,11-16H2,1H3. The first kappa shape index (κ1) is 22.6. The zero-order valence-corrected chi connectivity index (χ0v) is 20.0. The molecule has 3 aromatic rings. The first-order valence-corrected chi connectivity index (χ1v) is 12.6. The fraction of sp³-hybridized carbons (Fsp3) is 0.360. The van der Waals surface area contributed by atoms with Crippen LogP contribution in [0, 0.1) is 6.92 Å². The number of hydrogen-bond acceptors (Lipinski definition) is 7. The van der Waals surface area contributed by atoms with Crippen LogP contribution in [-0.4, -0.2) is 70.1 Å². The van der Waals surface area contributed by atoms with Crippen LogP contribution < -0.4 is 4.90 Å². The minimum Gasteiger partial charge on any atom is -0.378 e. The quantitative estimate of drug-likeness (QED) is 0.279. The number of aryl methyl sites for hydroxylation is 1. The van der Waals surface area contributed by atoms with Crippen molar-refractivity contribution in [3.8, 4) is 5.69 Å². The third kappa shape index (κ3) is 4.45. The van der Waals surface area contributed by atoms with Gasteiger partial charge in [-0.1, -0.05) is 36.0 Å². The Hall–Kier alpha value is -3.17. The van der Waals surface area contributed by atoms with E-state index in [0.717, 1.165) is 48.5 Å². The molecule has 0 bridgehead atoms. The number of unbranched alkanes of at least 4 members (excludes halogenated alkanes) is 1. The Labute approximate surface area is 202 Å². The van der Waals surface area contributed by atoms with Crippen molar-refractivity contribution in [3.63, 3.8) is 0 Å². The molecular weight excluding hydrogens is 450 g/mol. The number of ether oxygens (including phenoxy) is 1. The highest BCUT2D eigenvalue weighted by molar-refractivity contribution is 7.99. The zero-order valence-electron chi connectivity index (χ0n) is 19.1. The molecule has 0 atom stereocenters. The van der Waals surface area contributed by atoms with Crippen molar-refractivity contribution < 1.29 is 14.3 Å². The third-order valence-corrected chi connectivity index (χ3v) is 7.07. The molecule has 0 radical (unpaired) electrons. The summed E-state index contributed by atoms with van der Waals surface area (Å²) in [7, 11) is 0. The Morgan fingerprint density at radius 3 is 2.38 bits per heavy atom. The van der Waals surface area contributed by atoms with E-state index in [0.29, 0.717) is 30.9 Å². The van der Waals surface area contributed by atoms with Crippen molar-refractivity contribution in [3.05, 3.63) is 65.2 Å². The maximum Gasteiger partial charge on any atom is 0.261 e. The van der Waals surface area contributed by atoms with Gasteiger partial charge in [0, 0.05) is 25.4 Å². The Bertz CT molecular complexity index is 1170.